The third-order valence-corrected chi connectivity index (χ3v) is 5.15. The fourth-order valence-corrected chi connectivity index (χ4v) is 3.29. The lowest BCUT2D eigenvalue weighted by molar-refractivity contribution is 0.229. The highest BCUT2D eigenvalue weighted by Crippen LogP contribution is 2.21. The first-order valence-corrected chi connectivity index (χ1v) is 8.53. The minimum Gasteiger partial charge on any atom is -0.395 e. The highest BCUT2D eigenvalue weighted by atomic mass is 32.2. The predicted molar refractivity (Wildman–Crippen MR) is 82.9 cm³/mol. The van der Waals surface area contributed by atoms with E-state index in [0.29, 0.717) is 0 Å². The van der Waals surface area contributed by atoms with Crippen molar-refractivity contribution in [2.75, 3.05) is 12.9 Å². The highest BCUT2D eigenvalue weighted by molar-refractivity contribution is 7.99. The van der Waals surface area contributed by atoms with Gasteiger partial charge < -0.3 is 15.7 Å². The molecule has 6 heteroatoms. The molecule has 19 heavy (non-hydrogen) atoms. The quantitative estimate of drug-likeness (QED) is 0.725. The number of rotatable bonds is 7. The number of aliphatic hydroxyl groups is 1. The molecule has 0 bridgehead atoms. The summed E-state index contributed by atoms with van der Waals surface area (Å²) >= 11 is 3.20. The van der Waals surface area contributed by atoms with Gasteiger partial charge in [0, 0.05) is 16.2 Å². The summed E-state index contributed by atoms with van der Waals surface area (Å²) in [4.78, 5) is 13.1. The number of urea groups is 1. The zero-order valence-corrected chi connectivity index (χ0v) is 13.2. The maximum atomic E-state index is 11.9. The maximum Gasteiger partial charge on any atom is 0.315 e. The van der Waals surface area contributed by atoms with Gasteiger partial charge in [-0.05, 0) is 31.0 Å². The predicted octanol–water partition coefficient (Wildman–Crippen LogP) is 2.61. The molecule has 108 valence electrons. The highest BCUT2D eigenvalue weighted by Gasteiger charge is 2.19. The third kappa shape index (κ3) is 5.04. The van der Waals surface area contributed by atoms with Crippen LogP contribution in [-0.2, 0) is 0 Å². The van der Waals surface area contributed by atoms with Gasteiger partial charge in [0.05, 0.1) is 12.6 Å². The Kier molecular flexibility index (Phi) is 7.27. The molecule has 1 aromatic heterocycles. The second-order valence-corrected chi connectivity index (χ2v) is 6.40. The Labute approximate surface area is 123 Å². The number of aliphatic hydroxyl groups excluding tert-OH is 1. The molecule has 1 aromatic rings. The van der Waals surface area contributed by atoms with E-state index in [1.165, 1.54) is 0 Å². The number of carbonyl (C=O) groups excluding carboxylic acids is 1. The molecular weight excluding hydrogens is 280 g/mol. The smallest absolute Gasteiger partial charge is 0.315 e. The molecule has 0 saturated heterocycles. The monoisotopic (exact) mass is 302 g/mol. The Bertz CT molecular complexity index is 367. The van der Waals surface area contributed by atoms with Crippen molar-refractivity contribution in [2.45, 2.75) is 37.6 Å². The van der Waals surface area contributed by atoms with E-state index in [0.717, 1.165) is 11.3 Å². The molecule has 0 radical (unpaired) electrons. The van der Waals surface area contributed by atoms with Crippen molar-refractivity contribution < 1.29 is 9.90 Å². The molecule has 0 spiro atoms. The minimum absolute atomic E-state index is 0.0209. The van der Waals surface area contributed by atoms with E-state index in [1.54, 1.807) is 23.1 Å². The molecule has 0 saturated carbocycles. The standard InChI is InChI=1S/C13H22N2O2S2/c1-4-10(11-6-5-7-19-11)15-13(17)14-9(2)12(8-16)18-3/h5-7,9-10,12,16H,4,8H2,1-3H3,(H2,14,15,17). The van der Waals surface area contributed by atoms with E-state index in [2.05, 4.69) is 10.6 Å². The van der Waals surface area contributed by atoms with Crippen molar-refractivity contribution in [1.29, 1.82) is 0 Å². The Hall–Kier alpha value is -0.720. The van der Waals surface area contributed by atoms with Crippen molar-refractivity contribution >= 4 is 29.1 Å². The van der Waals surface area contributed by atoms with Crippen molar-refractivity contribution in [1.82, 2.24) is 10.6 Å². The Morgan fingerprint density at radius 3 is 2.74 bits per heavy atom. The lowest BCUT2D eigenvalue weighted by Gasteiger charge is -2.23. The van der Waals surface area contributed by atoms with Gasteiger partial charge in [-0.2, -0.15) is 11.8 Å². The number of hydrogen-bond donors (Lipinski definition) is 3. The van der Waals surface area contributed by atoms with Gasteiger partial charge in [-0.15, -0.1) is 11.3 Å². The molecule has 0 aliphatic heterocycles. The van der Waals surface area contributed by atoms with Gasteiger partial charge in [-0.1, -0.05) is 13.0 Å². The van der Waals surface area contributed by atoms with E-state index in [9.17, 15) is 9.90 Å². The van der Waals surface area contributed by atoms with Gasteiger partial charge in [0.25, 0.3) is 0 Å². The molecule has 3 atom stereocenters. The summed E-state index contributed by atoms with van der Waals surface area (Å²) in [7, 11) is 0. The van der Waals surface area contributed by atoms with Crippen LogP contribution in [0.15, 0.2) is 17.5 Å². The fourth-order valence-electron chi connectivity index (χ4n) is 1.80. The van der Waals surface area contributed by atoms with Gasteiger partial charge in [0.15, 0.2) is 0 Å². The summed E-state index contributed by atoms with van der Waals surface area (Å²) in [6.07, 6.45) is 2.78. The summed E-state index contributed by atoms with van der Waals surface area (Å²) in [6.45, 7) is 4.01. The third-order valence-electron chi connectivity index (χ3n) is 3.00. The zero-order valence-electron chi connectivity index (χ0n) is 11.6. The van der Waals surface area contributed by atoms with Crippen LogP contribution in [0.25, 0.3) is 0 Å². The topological polar surface area (TPSA) is 61.4 Å². The van der Waals surface area contributed by atoms with Gasteiger partial charge in [0.1, 0.15) is 0 Å². The minimum atomic E-state index is -0.180. The number of carbonyl (C=O) groups is 1. The van der Waals surface area contributed by atoms with Crippen LogP contribution in [0.3, 0.4) is 0 Å². The van der Waals surface area contributed by atoms with E-state index in [1.807, 2.05) is 37.6 Å². The van der Waals surface area contributed by atoms with Gasteiger partial charge in [-0.25, -0.2) is 4.79 Å². The van der Waals surface area contributed by atoms with Crippen LogP contribution in [0.4, 0.5) is 4.79 Å². The molecular formula is C13H22N2O2S2. The van der Waals surface area contributed by atoms with Crippen LogP contribution in [0.1, 0.15) is 31.2 Å². The number of amides is 2. The molecule has 0 fully saturated rings. The molecule has 1 rings (SSSR count). The van der Waals surface area contributed by atoms with E-state index >= 15 is 0 Å². The molecule has 1 heterocycles. The number of nitrogens with one attached hydrogen (secondary N) is 2. The molecule has 3 N–H and O–H groups in total. The first-order chi connectivity index (χ1) is 9.12. The Morgan fingerprint density at radius 1 is 1.53 bits per heavy atom. The summed E-state index contributed by atoms with van der Waals surface area (Å²) in [5, 5.41) is 17.1. The van der Waals surface area contributed by atoms with Crippen molar-refractivity contribution in [2.24, 2.45) is 0 Å². The van der Waals surface area contributed by atoms with E-state index < -0.39 is 0 Å². The zero-order chi connectivity index (χ0) is 14.3. The fraction of sp³-hybridized carbons (Fsp3) is 0.615. The maximum absolute atomic E-state index is 11.9. The Balaban J connectivity index is 2.50. The van der Waals surface area contributed by atoms with Crippen molar-refractivity contribution in [3.63, 3.8) is 0 Å². The molecule has 0 aromatic carbocycles. The van der Waals surface area contributed by atoms with Crippen LogP contribution >= 0.6 is 23.1 Å². The average Bonchev–Trinajstić information content (AvgIpc) is 2.91. The number of thioether (sulfide) groups is 1. The number of hydrogen-bond acceptors (Lipinski definition) is 4. The van der Waals surface area contributed by atoms with Gasteiger partial charge in [-0.3, -0.25) is 0 Å². The molecule has 0 aliphatic rings. The molecule has 0 aliphatic carbocycles. The summed E-state index contributed by atoms with van der Waals surface area (Å²) in [5.74, 6) is 0. The summed E-state index contributed by atoms with van der Waals surface area (Å²) in [5.41, 5.74) is 0. The van der Waals surface area contributed by atoms with Crippen molar-refractivity contribution in [3.8, 4) is 0 Å². The lowest BCUT2D eigenvalue weighted by atomic mass is 10.2. The van der Waals surface area contributed by atoms with Crippen molar-refractivity contribution in [3.05, 3.63) is 22.4 Å². The first kappa shape index (κ1) is 16.3. The van der Waals surface area contributed by atoms with Crippen LogP contribution < -0.4 is 10.6 Å². The largest absolute Gasteiger partial charge is 0.395 e. The molecule has 3 unspecified atom stereocenters. The molecule has 4 nitrogen and oxygen atoms in total. The number of thiophene rings is 1. The second kappa shape index (κ2) is 8.45. The summed E-state index contributed by atoms with van der Waals surface area (Å²) < 4.78 is 0. The van der Waals surface area contributed by atoms with Gasteiger partial charge in [0.2, 0.25) is 0 Å². The van der Waals surface area contributed by atoms with Crippen LogP contribution in [0.5, 0.6) is 0 Å². The first-order valence-electron chi connectivity index (χ1n) is 6.36. The van der Waals surface area contributed by atoms with Crippen LogP contribution in [0, 0.1) is 0 Å². The lowest BCUT2D eigenvalue weighted by Crippen LogP contribution is -2.46. The van der Waals surface area contributed by atoms with E-state index in [-0.39, 0.29) is 30.0 Å². The molecule has 2 amide bonds. The normalized spacial score (nSPS) is 15.6. The second-order valence-electron chi connectivity index (χ2n) is 4.34. The van der Waals surface area contributed by atoms with Crippen LogP contribution in [-0.4, -0.2) is 35.3 Å². The van der Waals surface area contributed by atoms with Gasteiger partial charge >= 0.3 is 6.03 Å². The average molecular weight is 302 g/mol. The van der Waals surface area contributed by atoms with Crippen LogP contribution in [0.2, 0.25) is 0 Å². The summed E-state index contributed by atoms with van der Waals surface area (Å²) in [6, 6.07) is 3.82. The SMILES string of the molecule is CCC(NC(=O)NC(C)C(CO)SC)c1cccs1. The van der Waals surface area contributed by atoms with E-state index in [4.69, 9.17) is 0 Å². The Morgan fingerprint density at radius 2 is 2.26 bits per heavy atom.